The summed E-state index contributed by atoms with van der Waals surface area (Å²) in [5.41, 5.74) is 8.90. The van der Waals surface area contributed by atoms with Crippen molar-refractivity contribution in [1.82, 2.24) is 15.1 Å². The Morgan fingerprint density at radius 3 is 2.81 bits per heavy atom. The van der Waals surface area contributed by atoms with Gasteiger partial charge in [0.15, 0.2) is 0 Å². The summed E-state index contributed by atoms with van der Waals surface area (Å²) < 4.78 is 5.39. The lowest BCUT2D eigenvalue weighted by Crippen LogP contribution is -1.90. The van der Waals surface area contributed by atoms with Gasteiger partial charge < -0.3 is 10.3 Å². The Bertz CT molecular complexity index is 763. The van der Waals surface area contributed by atoms with Gasteiger partial charge in [-0.1, -0.05) is 19.0 Å². The second-order valence-corrected chi connectivity index (χ2v) is 5.82. The molecule has 0 saturated heterocycles. The van der Waals surface area contributed by atoms with E-state index in [-0.39, 0.29) is 0 Å². The quantitative estimate of drug-likeness (QED) is 0.797. The van der Waals surface area contributed by atoms with Crippen LogP contribution in [-0.4, -0.2) is 15.1 Å². The normalized spacial score (nSPS) is 11.0. The maximum absolute atomic E-state index is 6.03. The van der Waals surface area contributed by atoms with Crippen molar-refractivity contribution >= 4 is 16.3 Å². The van der Waals surface area contributed by atoms with Gasteiger partial charge in [-0.05, 0) is 30.5 Å². The van der Waals surface area contributed by atoms with Crippen molar-refractivity contribution in [2.75, 3.05) is 5.73 Å². The van der Waals surface area contributed by atoms with Gasteiger partial charge >= 0.3 is 0 Å². The Kier molecular flexibility index (Phi) is 3.70. The number of rotatable bonds is 4. The van der Waals surface area contributed by atoms with Crippen LogP contribution in [0.1, 0.15) is 24.3 Å². The number of nitrogens with two attached hydrogens (primary N) is 1. The molecule has 3 aromatic rings. The molecule has 6 heteroatoms. The minimum absolute atomic E-state index is 0.470. The van der Waals surface area contributed by atoms with Crippen LogP contribution in [0.25, 0.3) is 22.8 Å². The molecule has 0 amide bonds. The van der Waals surface area contributed by atoms with Crippen molar-refractivity contribution in [3.05, 3.63) is 35.0 Å². The van der Waals surface area contributed by atoms with Crippen molar-refractivity contribution in [3.63, 3.8) is 0 Å². The van der Waals surface area contributed by atoms with Gasteiger partial charge in [-0.3, -0.25) is 4.98 Å². The molecule has 21 heavy (non-hydrogen) atoms. The number of hydrogen-bond acceptors (Lipinski definition) is 6. The van der Waals surface area contributed by atoms with Gasteiger partial charge in [0.2, 0.25) is 5.82 Å². The number of pyridine rings is 1. The molecule has 2 N–H and O–H groups in total. The molecule has 0 aliphatic heterocycles. The summed E-state index contributed by atoms with van der Waals surface area (Å²) in [5, 5.41) is 4.80. The molecule has 0 aliphatic rings. The number of nitrogens with zero attached hydrogens (tertiary/aromatic N) is 3. The van der Waals surface area contributed by atoms with E-state index < -0.39 is 0 Å². The Hall–Kier alpha value is -2.21. The van der Waals surface area contributed by atoms with Gasteiger partial charge in [0.25, 0.3) is 5.89 Å². The summed E-state index contributed by atoms with van der Waals surface area (Å²) in [6.07, 6.45) is 5.38. The van der Waals surface area contributed by atoms with Crippen LogP contribution < -0.4 is 5.73 Å². The average Bonchev–Trinajstić information content (AvgIpc) is 3.13. The molecule has 0 aliphatic carbocycles. The SMILES string of the molecule is CCc1cc(-c2nc(-c3ccncc3CC)no2)c(N)s1. The predicted octanol–water partition coefficient (Wildman–Crippen LogP) is 3.57. The lowest BCUT2D eigenvalue weighted by molar-refractivity contribution is 0.432. The molecule has 0 radical (unpaired) electrons. The molecule has 0 atom stereocenters. The van der Waals surface area contributed by atoms with Gasteiger partial charge in [-0.2, -0.15) is 4.98 Å². The van der Waals surface area contributed by atoms with Gasteiger partial charge in [-0.25, -0.2) is 0 Å². The van der Waals surface area contributed by atoms with Gasteiger partial charge in [-0.15, -0.1) is 11.3 Å². The first-order valence-corrected chi connectivity index (χ1v) is 7.70. The molecular formula is C15H16N4OS. The molecule has 5 nitrogen and oxygen atoms in total. The Morgan fingerprint density at radius 1 is 1.24 bits per heavy atom. The third-order valence-corrected chi connectivity index (χ3v) is 4.45. The molecule has 3 aromatic heterocycles. The zero-order valence-electron chi connectivity index (χ0n) is 12.0. The van der Waals surface area contributed by atoms with Gasteiger partial charge in [0.05, 0.1) is 10.6 Å². The highest BCUT2D eigenvalue weighted by atomic mass is 32.1. The third kappa shape index (κ3) is 2.54. The highest BCUT2D eigenvalue weighted by molar-refractivity contribution is 7.16. The van der Waals surface area contributed by atoms with Crippen LogP contribution in [0.15, 0.2) is 29.0 Å². The topological polar surface area (TPSA) is 77.8 Å². The standard InChI is InChI=1S/C15H16N4OS/c1-3-9-8-17-6-5-11(9)14-18-15(20-19-14)12-7-10(4-2)21-13(12)16/h5-8H,3-4,16H2,1-2H3. The zero-order valence-corrected chi connectivity index (χ0v) is 12.8. The molecule has 108 valence electrons. The molecule has 0 saturated carbocycles. The summed E-state index contributed by atoms with van der Waals surface area (Å²) in [6, 6.07) is 3.92. The van der Waals surface area contributed by atoms with E-state index in [1.807, 2.05) is 18.3 Å². The number of nitrogen functional groups attached to an aromatic ring is 1. The van der Waals surface area contributed by atoms with Crippen molar-refractivity contribution in [2.45, 2.75) is 26.7 Å². The van der Waals surface area contributed by atoms with Crippen LogP contribution in [0.5, 0.6) is 0 Å². The molecule has 3 heterocycles. The maximum atomic E-state index is 6.03. The lowest BCUT2D eigenvalue weighted by Gasteiger charge is -2.00. The number of thiophene rings is 1. The monoisotopic (exact) mass is 300 g/mol. The predicted molar refractivity (Wildman–Crippen MR) is 84.0 cm³/mol. The van der Waals surface area contributed by atoms with Crippen LogP contribution >= 0.6 is 11.3 Å². The maximum Gasteiger partial charge on any atom is 0.261 e. The van der Waals surface area contributed by atoms with Crippen LogP contribution in [-0.2, 0) is 12.8 Å². The lowest BCUT2D eigenvalue weighted by atomic mass is 10.1. The average molecular weight is 300 g/mol. The molecule has 0 spiro atoms. The fourth-order valence-corrected chi connectivity index (χ4v) is 3.03. The minimum atomic E-state index is 0.470. The summed E-state index contributed by atoms with van der Waals surface area (Å²) >= 11 is 1.56. The summed E-state index contributed by atoms with van der Waals surface area (Å²) in [4.78, 5) is 9.83. The number of aryl methyl sites for hydroxylation is 2. The van der Waals surface area contributed by atoms with E-state index in [2.05, 4.69) is 29.0 Å². The summed E-state index contributed by atoms with van der Waals surface area (Å²) in [7, 11) is 0. The minimum Gasteiger partial charge on any atom is -0.390 e. The first-order chi connectivity index (χ1) is 10.2. The summed E-state index contributed by atoms with van der Waals surface area (Å²) in [5.74, 6) is 1.05. The van der Waals surface area contributed by atoms with E-state index in [4.69, 9.17) is 10.3 Å². The van der Waals surface area contributed by atoms with Crippen LogP contribution in [0.4, 0.5) is 5.00 Å². The van der Waals surface area contributed by atoms with Gasteiger partial charge in [0, 0.05) is 22.8 Å². The Balaban J connectivity index is 2.01. The molecule has 0 bridgehead atoms. The van der Waals surface area contributed by atoms with Gasteiger partial charge in [0.1, 0.15) is 0 Å². The summed E-state index contributed by atoms with van der Waals surface area (Å²) in [6.45, 7) is 4.17. The van der Waals surface area contributed by atoms with Crippen LogP contribution in [0, 0.1) is 0 Å². The fraction of sp³-hybridized carbons (Fsp3) is 0.267. The van der Waals surface area contributed by atoms with Crippen LogP contribution in [0.3, 0.4) is 0 Å². The number of aromatic nitrogens is 3. The largest absolute Gasteiger partial charge is 0.390 e. The van der Waals surface area contributed by atoms with Crippen molar-refractivity contribution in [3.8, 4) is 22.8 Å². The first kappa shape index (κ1) is 13.8. The van der Waals surface area contributed by atoms with E-state index >= 15 is 0 Å². The molecule has 0 unspecified atom stereocenters. The second-order valence-electron chi connectivity index (χ2n) is 4.65. The van der Waals surface area contributed by atoms with E-state index in [9.17, 15) is 0 Å². The van der Waals surface area contributed by atoms with Crippen molar-refractivity contribution in [1.29, 1.82) is 0 Å². The first-order valence-electron chi connectivity index (χ1n) is 6.88. The molecule has 0 aromatic carbocycles. The molecule has 0 fully saturated rings. The highest BCUT2D eigenvalue weighted by Gasteiger charge is 2.17. The Labute approximate surface area is 126 Å². The van der Waals surface area contributed by atoms with E-state index in [1.165, 1.54) is 4.88 Å². The number of anilines is 1. The van der Waals surface area contributed by atoms with E-state index in [1.54, 1.807) is 17.5 Å². The Morgan fingerprint density at radius 2 is 2.10 bits per heavy atom. The molecular weight excluding hydrogens is 284 g/mol. The smallest absolute Gasteiger partial charge is 0.261 e. The van der Waals surface area contributed by atoms with Crippen molar-refractivity contribution in [2.24, 2.45) is 0 Å². The second kappa shape index (κ2) is 5.65. The molecule has 3 rings (SSSR count). The fourth-order valence-electron chi connectivity index (χ4n) is 2.17. The zero-order chi connectivity index (χ0) is 14.8. The highest BCUT2D eigenvalue weighted by Crippen LogP contribution is 2.34. The van der Waals surface area contributed by atoms with E-state index in [0.29, 0.717) is 16.7 Å². The van der Waals surface area contributed by atoms with E-state index in [0.717, 1.165) is 29.5 Å². The van der Waals surface area contributed by atoms with Crippen LogP contribution in [0.2, 0.25) is 0 Å². The van der Waals surface area contributed by atoms with Crippen molar-refractivity contribution < 1.29 is 4.52 Å². The third-order valence-electron chi connectivity index (χ3n) is 3.34. The number of hydrogen-bond donors (Lipinski definition) is 1.